The van der Waals surface area contributed by atoms with Crippen molar-refractivity contribution in [2.24, 2.45) is 7.05 Å². The van der Waals surface area contributed by atoms with Gasteiger partial charge in [0.25, 0.3) is 5.91 Å². The predicted octanol–water partition coefficient (Wildman–Crippen LogP) is 1.10. The van der Waals surface area contributed by atoms with Gasteiger partial charge in [-0.3, -0.25) is 14.5 Å². The SMILES string of the molecule is CNC(=O)c1cc(NCc2cn(C)nc2C)ccn1. The minimum absolute atomic E-state index is 0.193. The maximum Gasteiger partial charge on any atom is 0.269 e. The molecule has 0 radical (unpaired) electrons. The summed E-state index contributed by atoms with van der Waals surface area (Å²) in [5.41, 5.74) is 3.38. The third-order valence-electron chi connectivity index (χ3n) is 2.82. The third kappa shape index (κ3) is 3.09. The van der Waals surface area contributed by atoms with Crippen LogP contribution in [0.2, 0.25) is 0 Å². The number of carbonyl (C=O) groups is 1. The van der Waals surface area contributed by atoms with E-state index in [2.05, 4.69) is 20.7 Å². The summed E-state index contributed by atoms with van der Waals surface area (Å²) in [6.07, 6.45) is 3.59. The molecule has 0 saturated carbocycles. The number of carbonyl (C=O) groups excluding carboxylic acids is 1. The average molecular weight is 259 g/mol. The number of hydrogen-bond acceptors (Lipinski definition) is 4. The van der Waals surface area contributed by atoms with Crippen LogP contribution < -0.4 is 10.6 Å². The van der Waals surface area contributed by atoms with Crippen molar-refractivity contribution in [1.82, 2.24) is 20.1 Å². The number of aromatic nitrogens is 3. The second kappa shape index (κ2) is 5.51. The van der Waals surface area contributed by atoms with E-state index in [1.165, 1.54) is 0 Å². The summed E-state index contributed by atoms with van der Waals surface area (Å²) in [6.45, 7) is 2.64. The fourth-order valence-corrected chi connectivity index (χ4v) is 1.81. The molecule has 19 heavy (non-hydrogen) atoms. The van der Waals surface area contributed by atoms with E-state index >= 15 is 0 Å². The van der Waals surface area contributed by atoms with Crippen molar-refractivity contribution < 1.29 is 4.79 Å². The molecule has 0 aliphatic carbocycles. The van der Waals surface area contributed by atoms with Gasteiger partial charge in [-0.05, 0) is 19.1 Å². The lowest BCUT2D eigenvalue weighted by molar-refractivity contribution is 0.0958. The van der Waals surface area contributed by atoms with E-state index in [4.69, 9.17) is 0 Å². The Hall–Kier alpha value is -2.37. The van der Waals surface area contributed by atoms with Crippen molar-refractivity contribution in [2.75, 3.05) is 12.4 Å². The molecule has 0 atom stereocenters. The second-order valence-corrected chi connectivity index (χ2v) is 4.28. The number of anilines is 1. The van der Waals surface area contributed by atoms with Gasteiger partial charge in [0, 0.05) is 44.3 Å². The number of aryl methyl sites for hydroxylation is 2. The Morgan fingerprint density at radius 1 is 1.47 bits per heavy atom. The number of hydrogen-bond donors (Lipinski definition) is 2. The highest BCUT2D eigenvalue weighted by Gasteiger charge is 2.06. The lowest BCUT2D eigenvalue weighted by Gasteiger charge is -2.06. The highest BCUT2D eigenvalue weighted by Crippen LogP contribution is 2.11. The first-order valence-electron chi connectivity index (χ1n) is 6.01. The molecule has 2 aromatic rings. The van der Waals surface area contributed by atoms with Crippen molar-refractivity contribution in [3.63, 3.8) is 0 Å². The molecular weight excluding hydrogens is 242 g/mol. The molecule has 0 aromatic carbocycles. The molecule has 0 unspecified atom stereocenters. The second-order valence-electron chi connectivity index (χ2n) is 4.28. The Kier molecular flexibility index (Phi) is 3.79. The van der Waals surface area contributed by atoms with Crippen molar-refractivity contribution in [2.45, 2.75) is 13.5 Å². The summed E-state index contributed by atoms with van der Waals surface area (Å²) in [5.74, 6) is -0.193. The quantitative estimate of drug-likeness (QED) is 0.862. The first-order chi connectivity index (χ1) is 9.10. The van der Waals surface area contributed by atoms with Gasteiger partial charge in [0.05, 0.1) is 5.69 Å². The van der Waals surface area contributed by atoms with E-state index in [1.54, 1.807) is 24.0 Å². The summed E-state index contributed by atoms with van der Waals surface area (Å²) in [5, 5.41) is 10.1. The van der Waals surface area contributed by atoms with Crippen LogP contribution in [0.5, 0.6) is 0 Å². The third-order valence-corrected chi connectivity index (χ3v) is 2.82. The fraction of sp³-hybridized carbons (Fsp3) is 0.308. The Labute approximate surface area is 111 Å². The van der Waals surface area contributed by atoms with E-state index in [-0.39, 0.29) is 5.91 Å². The molecule has 0 fully saturated rings. The lowest BCUT2D eigenvalue weighted by atomic mass is 10.2. The maximum absolute atomic E-state index is 11.5. The summed E-state index contributed by atoms with van der Waals surface area (Å²) >= 11 is 0. The minimum Gasteiger partial charge on any atom is -0.381 e. The van der Waals surface area contributed by atoms with Crippen LogP contribution in [-0.4, -0.2) is 27.7 Å². The molecule has 0 aliphatic rings. The summed E-state index contributed by atoms with van der Waals surface area (Å²) < 4.78 is 1.79. The number of amides is 1. The van der Waals surface area contributed by atoms with Crippen LogP contribution in [0.25, 0.3) is 0 Å². The van der Waals surface area contributed by atoms with Crippen molar-refractivity contribution in [3.05, 3.63) is 41.5 Å². The van der Waals surface area contributed by atoms with Gasteiger partial charge < -0.3 is 10.6 Å². The minimum atomic E-state index is -0.193. The van der Waals surface area contributed by atoms with E-state index < -0.39 is 0 Å². The fourth-order valence-electron chi connectivity index (χ4n) is 1.81. The molecule has 2 heterocycles. The number of pyridine rings is 1. The Morgan fingerprint density at radius 2 is 2.26 bits per heavy atom. The molecule has 0 bridgehead atoms. The molecule has 0 saturated heterocycles. The Bertz CT molecular complexity index is 590. The van der Waals surface area contributed by atoms with Gasteiger partial charge in [-0.1, -0.05) is 0 Å². The van der Waals surface area contributed by atoms with Crippen LogP contribution >= 0.6 is 0 Å². The molecule has 2 N–H and O–H groups in total. The average Bonchev–Trinajstić information content (AvgIpc) is 2.74. The van der Waals surface area contributed by atoms with E-state index in [0.29, 0.717) is 12.2 Å². The highest BCUT2D eigenvalue weighted by molar-refractivity contribution is 5.92. The van der Waals surface area contributed by atoms with Gasteiger partial charge in [0.2, 0.25) is 0 Å². The Balaban J connectivity index is 2.07. The molecule has 6 nitrogen and oxygen atoms in total. The molecule has 100 valence electrons. The van der Waals surface area contributed by atoms with Gasteiger partial charge in [0.15, 0.2) is 0 Å². The van der Waals surface area contributed by atoms with Crippen molar-refractivity contribution in [1.29, 1.82) is 0 Å². The zero-order valence-electron chi connectivity index (χ0n) is 11.3. The summed E-state index contributed by atoms with van der Waals surface area (Å²) in [4.78, 5) is 15.5. The smallest absolute Gasteiger partial charge is 0.269 e. The predicted molar refractivity (Wildman–Crippen MR) is 72.9 cm³/mol. The van der Waals surface area contributed by atoms with Crippen LogP contribution in [0, 0.1) is 6.92 Å². The van der Waals surface area contributed by atoms with Crippen molar-refractivity contribution in [3.8, 4) is 0 Å². The molecule has 2 aromatic heterocycles. The monoisotopic (exact) mass is 259 g/mol. The van der Waals surface area contributed by atoms with Gasteiger partial charge >= 0.3 is 0 Å². The molecular formula is C13H17N5O. The zero-order valence-corrected chi connectivity index (χ0v) is 11.3. The van der Waals surface area contributed by atoms with Crippen LogP contribution in [0.4, 0.5) is 5.69 Å². The normalized spacial score (nSPS) is 10.3. The molecule has 6 heteroatoms. The summed E-state index contributed by atoms with van der Waals surface area (Å²) in [6, 6.07) is 3.56. The standard InChI is InChI=1S/C13H17N5O/c1-9-10(8-18(3)17-9)7-16-11-4-5-15-12(6-11)13(19)14-2/h4-6,8H,7H2,1-3H3,(H,14,19)(H,15,16). The van der Waals surface area contributed by atoms with E-state index in [9.17, 15) is 4.79 Å². The van der Waals surface area contributed by atoms with Crippen LogP contribution in [0.15, 0.2) is 24.5 Å². The molecule has 1 amide bonds. The van der Waals surface area contributed by atoms with Crippen LogP contribution in [0.3, 0.4) is 0 Å². The lowest BCUT2D eigenvalue weighted by Crippen LogP contribution is -2.19. The molecule has 2 rings (SSSR count). The van der Waals surface area contributed by atoms with E-state index in [1.807, 2.05) is 26.2 Å². The molecule has 0 aliphatic heterocycles. The number of rotatable bonds is 4. The van der Waals surface area contributed by atoms with Crippen LogP contribution in [-0.2, 0) is 13.6 Å². The topological polar surface area (TPSA) is 71.8 Å². The van der Waals surface area contributed by atoms with Crippen molar-refractivity contribution >= 4 is 11.6 Å². The number of nitrogens with zero attached hydrogens (tertiary/aromatic N) is 3. The van der Waals surface area contributed by atoms with Crippen LogP contribution in [0.1, 0.15) is 21.7 Å². The first kappa shape index (κ1) is 13.1. The van der Waals surface area contributed by atoms with Gasteiger partial charge in [-0.25, -0.2) is 0 Å². The summed E-state index contributed by atoms with van der Waals surface area (Å²) in [7, 11) is 3.48. The highest BCUT2D eigenvalue weighted by atomic mass is 16.1. The number of nitrogens with one attached hydrogen (secondary N) is 2. The Morgan fingerprint density at radius 3 is 2.89 bits per heavy atom. The van der Waals surface area contributed by atoms with Gasteiger partial charge in [-0.15, -0.1) is 0 Å². The van der Waals surface area contributed by atoms with E-state index in [0.717, 1.165) is 16.9 Å². The largest absolute Gasteiger partial charge is 0.381 e. The van der Waals surface area contributed by atoms with Gasteiger partial charge in [0.1, 0.15) is 5.69 Å². The first-order valence-corrected chi connectivity index (χ1v) is 6.01. The maximum atomic E-state index is 11.5. The van der Waals surface area contributed by atoms with Gasteiger partial charge in [-0.2, -0.15) is 5.10 Å². The zero-order chi connectivity index (χ0) is 13.8. The molecule has 0 spiro atoms.